The molecule has 0 saturated carbocycles. The molecule has 0 amide bonds. The molecule has 0 spiro atoms. The molecule has 0 aliphatic carbocycles. The summed E-state index contributed by atoms with van der Waals surface area (Å²) in [5.74, 6) is 0.232. The third-order valence-electron chi connectivity index (χ3n) is 5.95. The Bertz CT molecular complexity index is 1080. The predicted molar refractivity (Wildman–Crippen MR) is 134 cm³/mol. The number of hydrogen-bond acceptors (Lipinski definition) is 6. The highest BCUT2D eigenvalue weighted by Crippen LogP contribution is 2.31. The summed E-state index contributed by atoms with van der Waals surface area (Å²) < 4.78 is 37.7. The fraction of sp³-hybridized carbons (Fsp3) is 0.480. The minimum atomic E-state index is -3.62. The summed E-state index contributed by atoms with van der Waals surface area (Å²) in [5.41, 5.74) is 0.892. The molecule has 1 saturated heterocycles. The summed E-state index contributed by atoms with van der Waals surface area (Å²) in [6.45, 7) is 5.53. The van der Waals surface area contributed by atoms with Crippen molar-refractivity contribution in [2.75, 3.05) is 19.8 Å². The highest BCUT2D eigenvalue weighted by Gasteiger charge is 2.40. The number of nitrogens with zero attached hydrogens (tertiary/aromatic N) is 1. The number of rotatable bonds is 10. The normalized spacial score (nSPS) is 19.1. The lowest BCUT2D eigenvalue weighted by atomic mass is 10.0. The summed E-state index contributed by atoms with van der Waals surface area (Å²) in [6.07, 6.45) is 2.54. The van der Waals surface area contributed by atoms with Gasteiger partial charge in [0, 0.05) is 13.1 Å². The van der Waals surface area contributed by atoms with E-state index in [0.717, 1.165) is 18.4 Å². The molecule has 3 rings (SSSR count). The molecule has 2 atom stereocenters. The molecule has 6 nitrogen and oxygen atoms in total. The van der Waals surface area contributed by atoms with Gasteiger partial charge in [-0.2, -0.15) is 0 Å². The van der Waals surface area contributed by atoms with E-state index in [1.54, 1.807) is 43.3 Å². The van der Waals surface area contributed by atoms with E-state index >= 15 is 0 Å². The average molecular weight is 528 g/mol. The molecule has 186 valence electrons. The van der Waals surface area contributed by atoms with E-state index in [-0.39, 0.29) is 17.9 Å². The van der Waals surface area contributed by atoms with Crippen molar-refractivity contribution in [3.8, 4) is 5.75 Å². The average Bonchev–Trinajstić information content (AvgIpc) is 2.82. The van der Waals surface area contributed by atoms with Gasteiger partial charge in [0.1, 0.15) is 11.8 Å². The summed E-state index contributed by atoms with van der Waals surface area (Å²) in [7, 11) is -3.62. The largest absolute Gasteiger partial charge is 0.494 e. The Morgan fingerprint density at radius 3 is 2.47 bits per heavy atom. The second kappa shape index (κ2) is 12.2. The van der Waals surface area contributed by atoms with Crippen molar-refractivity contribution in [3.05, 3.63) is 58.1 Å². The Balaban J connectivity index is 1.76. The van der Waals surface area contributed by atoms with Gasteiger partial charge in [0.2, 0.25) is 0 Å². The van der Waals surface area contributed by atoms with Crippen LogP contribution in [0.3, 0.4) is 0 Å². The van der Waals surface area contributed by atoms with Gasteiger partial charge in [-0.1, -0.05) is 42.6 Å². The van der Waals surface area contributed by atoms with E-state index in [1.807, 2.05) is 11.0 Å². The van der Waals surface area contributed by atoms with Gasteiger partial charge in [-0.3, -0.25) is 9.69 Å². The lowest BCUT2D eigenvalue weighted by Crippen LogP contribution is -2.50. The number of ether oxygens (including phenoxy) is 2. The number of benzene rings is 2. The molecule has 0 radical (unpaired) electrons. The third-order valence-corrected chi connectivity index (χ3v) is 8.93. The van der Waals surface area contributed by atoms with Crippen LogP contribution in [-0.2, 0) is 25.9 Å². The van der Waals surface area contributed by atoms with Crippen LogP contribution in [0.1, 0.15) is 45.1 Å². The van der Waals surface area contributed by atoms with Crippen molar-refractivity contribution in [1.82, 2.24) is 4.90 Å². The van der Waals surface area contributed by atoms with Gasteiger partial charge in [-0.05, 0) is 68.1 Å². The maximum absolute atomic E-state index is 13.4. The second-order valence-electron chi connectivity index (χ2n) is 8.35. The van der Waals surface area contributed by atoms with E-state index in [0.29, 0.717) is 41.9 Å². The molecule has 2 unspecified atom stereocenters. The molecule has 1 aliphatic rings. The van der Waals surface area contributed by atoms with Crippen LogP contribution >= 0.6 is 23.2 Å². The molecule has 1 heterocycles. The molecule has 0 aromatic heterocycles. The molecule has 2 aromatic carbocycles. The minimum absolute atomic E-state index is 0.164. The summed E-state index contributed by atoms with van der Waals surface area (Å²) in [5, 5.41) is 0.212. The molecule has 9 heteroatoms. The number of carbonyl (C=O) groups is 1. The van der Waals surface area contributed by atoms with Crippen LogP contribution in [-0.4, -0.2) is 50.3 Å². The molecule has 2 aromatic rings. The van der Waals surface area contributed by atoms with Gasteiger partial charge in [0.15, 0.2) is 9.84 Å². The van der Waals surface area contributed by atoms with Gasteiger partial charge in [0.25, 0.3) is 0 Å². The lowest BCUT2D eigenvalue weighted by molar-refractivity contribution is -0.151. The van der Waals surface area contributed by atoms with Crippen LogP contribution in [0.25, 0.3) is 0 Å². The maximum Gasteiger partial charge on any atom is 0.323 e. The summed E-state index contributed by atoms with van der Waals surface area (Å²) in [4.78, 5) is 15.0. The Morgan fingerprint density at radius 2 is 1.82 bits per heavy atom. The second-order valence-corrected chi connectivity index (χ2v) is 11.4. The quantitative estimate of drug-likeness (QED) is 0.298. The summed E-state index contributed by atoms with van der Waals surface area (Å²) >= 11 is 12.2. The number of piperidine rings is 1. The first-order valence-corrected chi connectivity index (χ1v) is 13.9. The zero-order valence-corrected chi connectivity index (χ0v) is 21.8. The van der Waals surface area contributed by atoms with Crippen LogP contribution in [0.15, 0.2) is 47.4 Å². The highest BCUT2D eigenvalue weighted by molar-refractivity contribution is 7.92. The molecule has 1 fully saturated rings. The SMILES string of the molecule is CCCCOc1ccc(S(=O)(=O)C2CCN(Cc3ccc(Cl)c(Cl)c3)C(C(=O)OCC)C2)cc1. The number of carbonyl (C=O) groups excluding carboxylic acids is 1. The third kappa shape index (κ3) is 6.66. The first-order valence-electron chi connectivity index (χ1n) is 11.6. The number of hydrogen-bond donors (Lipinski definition) is 0. The van der Waals surface area contributed by atoms with Crippen LogP contribution in [0, 0.1) is 0 Å². The van der Waals surface area contributed by atoms with Gasteiger partial charge >= 0.3 is 5.97 Å². The van der Waals surface area contributed by atoms with Crippen molar-refractivity contribution in [2.45, 2.75) is 62.3 Å². The lowest BCUT2D eigenvalue weighted by Gasteiger charge is -2.37. The van der Waals surface area contributed by atoms with E-state index in [2.05, 4.69) is 6.92 Å². The first-order chi connectivity index (χ1) is 16.3. The first kappa shape index (κ1) is 26.8. The molecule has 34 heavy (non-hydrogen) atoms. The smallest absolute Gasteiger partial charge is 0.323 e. The van der Waals surface area contributed by atoms with E-state index in [9.17, 15) is 13.2 Å². The van der Waals surface area contributed by atoms with Crippen LogP contribution in [0.5, 0.6) is 5.75 Å². The van der Waals surface area contributed by atoms with E-state index < -0.39 is 27.1 Å². The van der Waals surface area contributed by atoms with Crippen molar-refractivity contribution < 1.29 is 22.7 Å². The van der Waals surface area contributed by atoms with Crippen molar-refractivity contribution >= 4 is 39.0 Å². The Labute approximate surface area is 212 Å². The monoisotopic (exact) mass is 527 g/mol. The fourth-order valence-electron chi connectivity index (χ4n) is 4.06. The summed E-state index contributed by atoms with van der Waals surface area (Å²) in [6, 6.07) is 11.2. The van der Waals surface area contributed by atoms with Gasteiger partial charge < -0.3 is 9.47 Å². The molecule has 0 N–H and O–H groups in total. The topological polar surface area (TPSA) is 72.9 Å². The number of unbranched alkanes of at least 4 members (excludes halogenated alkanes) is 1. The van der Waals surface area contributed by atoms with Crippen molar-refractivity contribution in [2.24, 2.45) is 0 Å². The van der Waals surface area contributed by atoms with E-state index in [1.165, 1.54) is 0 Å². The number of likely N-dealkylation sites (tertiary alicyclic amines) is 1. The molecular weight excluding hydrogens is 497 g/mol. The Kier molecular flexibility index (Phi) is 9.65. The van der Waals surface area contributed by atoms with Crippen molar-refractivity contribution in [1.29, 1.82) is 0 Å². The zero-order valence-electron chi connectivity index (χ0n) is 19.5. The van der Waals surface area contributed by atoms with Gasteiger partial charge in [-0.25, -0.2) is 8.42 Å². The number of esters is 1. The molecule has 1 aliphatic heterocycles. The standard InChI is InChI=1S/C25H31Cl2NO5S/c1-3-5-14-33-19-7-9-20(10-8-19)34(30,31)21-12-13-28(24(16-21)25(29)32-4-2)17-18-6-11-22(26)23(27)15-18/h6-11,15,21,24H,3-5,12-14,16-17H2,1-2H3. The highest BCUT2D eigenvalue weighted by atomic mass is 35.5. The van der Waals surface area contributed by atoms with E-state index in [4.69, 9.17) is 32.7 Å². The number of halogens is 2. The predicted octanol–water partition coefficient (Wildman–Crippen LogP) is 5.54. The van der Waals surface area contributed by atoms with Crippen LogP contribution in [0.2, 0.25) is 10.0 Å². The number of sulfone groups is 1. The van der Waals surface area contributed by atoms with Crippen LogP contribution < -0.4 is 4.74 Å². The molecule has 0 bridgehead atoms. The van der Waals surface area contributed by atoms with Crippen LogP contribution in [0.4, 0.5) is 0 Å². The van der Waals surface area contributed by atoms with Crippen molar-refractivity contribution in [3.63, 3.8) is 0 Å². The molecular formula is C25H31Cl2NO5S. The fourth-order valence-corrected chi connectivity index (χ4v) is 6.13. The Morgan fingerprint density at radius 1 is 1.09 bits per heavy atom. The zero-order chi connectivity index (χ0) is 24.7. The minimum Gasteiger partial charge on any atom is -0.494 e. The van der Waals surface area contributed by atoms with Gasteiger partial charge in [0.05, 0.1) is 33.4 Å². The van der Waals surface area contributed by atoms with Gasteiger partial charge in [-0.15, -0.1) is 0 Å². The maximum atomic E-state index is 13.4. The Hall–Kier alpha value is -1.80.